The number of nitrogens with zero attached hydrogens (tertiary/aromatic N) is 2. The van der Waals surface area contributed by atoms with Crippen molar-refractivity contribution in [2.75, 3.05) is 6.54 Å². The molecule has 1 aliphatic heterocycles. The van der Waals surface area contributed by atoms with E-state index in [9.17, 15) is 4.79 Å². The van der Waals surface area contributed by atoms with E-state index in [1.807, 2.05) is 0 Å². The molecule has 2 aromatic rings. The maximum atomic E-state index is 10.8. The lowest BCUT2D eigenvalue weighted by atomic mass is 10.1. The predicted molar refractivity (Wildman–Crippen MR) is 74.4 cm³/mol. The van der Waals surface area contributed by atoms with Crippen LogP contribution in [0.5, 0.6) is 0 Å². The number of benzene rings is 1. The Labute approximate surface area is 116 Å². The van der Waals surface area contributed by atoms with E-state index in [2.05, 4.69) is 15.3 Å². The number of carbonyl (C=O) groups is 1. The molecule has 0 amide bonds. The van der Waals surface area contributed by atoms with Crippen LogP contribution in [0.3, 0.4) is 0 Å². The third kappa shape index (κ3) is 2.53. The van der Waals surface area contributed by atoms with Crippen LogP contribution in [0.2, 0.25) is 0 Å². The summed E-state index contributed by atoms with van der Waals surface area (Å²) in [5, 5.41) is 12.3. The molecule has 5 heteroatoms. The highest BCUT2D eigenvalue weighted by Crippen LogP contribution is 2.23. The molecule has 1 aromatic heterocycles. The molecule has 0 aliphatic carbocycles. The molecule has 20 heavy (non-hydrogen) atoms. The molecule has 1 aromatic carbocycles. The zero-order valence-electron chi connectivity index (χ0n) is 10.9. The Balaban J connectivity index is 1.89. The van der Waals surface area contributed by atoms with E-state index < -0.39 is 5.97 Å². The zero-order chi connectivity index (χ0) is 13.9. The normalized spacial score (nSPS) is 18.1. The molecule has 2 heterocycles. The van der Waals surface area contributed by atoms with Crippen molar-refractivity contribution in [2.24, 2.45) is 0 Å². The van der Waals surface area contributed by atoms with E-state index in [1.54, 1.807) is 36.7 Å². The van der Waals surface area contributed by atoms with Crippen LogP contribution < -0.4 is 5.32 Å². The Bertz CT molecular complexity index is 619. The Morgan fingerprint density at radius 2 is 2.05 bits per heavy atom. The van der Waals surface area contributed by atoms with Crippen LogP contribution in [0.15, 0.2) is 36.7 Å². The minimum absolute atomic E-state index is 0.273. The van der Waals surface area contributed by atoms with Crippen LogP contribution in [0.4, 0.5) is 0 Å². The van der Waals surface area contributed by atoms with Gasteiger partial charge in [0, 0.05) is 5.56 Å². The highest BCUT2D eigenvalue weighted by Gasteiger charge is 2.18. The fourth-order valence-electron chi connectivity index (χ4n) is 2.41. The van der Waals surface area contributed by atoms with Gasteiger partial charge in [0.2, 0.25) is 0 Å². The first-order valence-corrected chi connectivity index (χ1v) is 6.63. The fraction of sp³-hybridized carbons (Fsp3) is 0.267. The summed E-state index contributed by atoms with van der Waals surface area (Å²) >= 11 is 0. The van der Waals surface area contributed by atoms with Crippen LogP contribution >= 0.6 is 0 Å². The molecule has 0 spiro atoms. The highest BCUT2D eigenvalue weighted by atomic mass is 16.4. The minimum atomic E-state index is -0.924. The molecule has 102 valence electrons. The van der Waals surface area contributed by atoms with Gasteiger partial charge in [0.05, 0.1) is 35.4 Å². The molecule has 1 saturated heterocycles. The van der Waals surface area contributed by atoms with Gasteiger partial charge in [0.15, 0.2) is 0 Å². The number of carboxylic acids is 1. The number of hydrogen-bond donors (Lipinski definition) is 2. The minimum Gasteiger partial charge on any atom is -0.478 e. The number of aromatic nitrogens is 2. The zero-order valence-corrected chi connectivity index (χ0v) is 10.9. The van der Waals surface area contributed by atoms with Crippen LogP contribution in [0.1, 0.15) is 34.9 Å². The smallest absolute Gasteiger partial charge is 0.335 e. The summed E-state index contributed by atoms with van der Waals surface area (Å²) in [4.78, 5) is 19.7. The molecule has 0 unspecified atom stereocenters. The molecule has 1 atom stereocenters. The second-order valence-electron chi connectivity index (χ2n) is 4.86. The summed E-state index contributed by atoms with van der Waals surface area (Å²) in [6.45, 7) is 1.02. The second-order valence-corrected chi connectivity index (χ2v) is 4.86. The average molecular weight is 269 g/mol. The first kappa shape index (κ1) is 12.7. The molecule has 0 radical (unpaired) electrons. The molecular weight excluding hydrogens is 254 g/mol. The van der Waals surface area contributed by atoms with E-state index in [1.165, 1.54) is 0 Å². The Hall–Kier alpha value is -2.27. The van der Waals surface area contributed by atoms with Gasteiger partial charge >= 0.3 is 5.97 Å². The van der Waals surface area contributed by atoms with Crippen molar-refractivity contribution >= 4 is 5.97 Å². The van der Waals surface area contributed by atoms with E-state index in [4.69, 9.17) is 5.11 Å². The van der Waals surface area contributed by atoms with Gasteiger partial charge in [-0.25, -0.2) is 9.78 Å². The number of rotatable bonds is 3. The maximum absolute atomic E-state index is 10.8. The fourth-order valence-corrected chi connectivity index (χ4v) is 2.41. The second kappa shape index (κ2) is 5.38. The summed E-state index contributed by atoms with van der Waals surface area (Å²) in [6.07, 6.45) is 5.73. The van der Waals surface area contributed by atoms with Crippen molar-refractivity contribution in [3.8, 4) is 11.3 Å². The van der Waals surface area contributed by atoms with Gasteiger partial charge in [0.25, 0.3) is 0 Å². The molecule has 0 saturated carbocycles. The molecule has 1 aliphatic rings. The Kier molecular flexibility index (Phi) is 3.43. The molecule has 1 fully saturated rings. The van der Waals surface area contributed by atoms with Crippen molar-refractivity contribution in [3.63, 3.8) is 0 Å². The van der Waals surface area contributed by atoms with E-state index in [0.717, 1.165) is 36.3 Å². The lowest BCUT2D eigenvalue weighted by molar-refractivity contribution is 0.0697. The number of aromatic carboxylic acids is 1. The molecule has 5 nitrogen and oxygen atoms in total. The summed E-state index contributed by atoms with van der Waals surface area (Å²) in [5.41, 5.74) is 2.87. The van der Waals surface area contributed by atoms with Crippen LogP contribution in [-0.2, 0) is 0 Å². The summed E-state index contributed by atoms with van der Waals surface area (Å²) < 4.78 is 0. The molecule has 0 bridgehead atoms. The Morgan fingerprint density at radius 3 is 2.70 bits per heavy atom. The van der Waals surface area contributed by atoms with Crippen molar-refractivity contribution < 1.29 is 9.90 Å². The summed E-state index contributed by atoms with van der Waals surface area (Å²) in [5.74, 6) is -0.924. The first-order valence-electron chi connectivity index (χ1n) is 6.63. The molecular formula is C15H15N3O2. The lowest BCUT2D eigenvalue weighted by Crippen LogP contribution is -2.14. The van der Waals surface area contributed by atoms with Crippen LogP contribution in [0, 0.1) is 0 Å². The van der Waals surface area contributed by atoms with Gasteiger partial charge in [-0.1, -0.05) is 12.1 Å². The maximum Gasteiger partial charge on any atom is 0.335 e. The summed E-state index contributed by atoms with van der Waals surface area (Å²) in [7, 11) is 0. The Morgan fingerprint density at radius 1 is 1.25 bits per heavy atom. The quantitative estimate of drug-likeness (QED) is 0.894. The first-order chi connectivity index (χ1) is 9.74. The van der Waals surface area contributed by atoms with Crippen molar-refractivity contribution in [3.05, 3.63) is 47.9 Å². The van der Waals surface area contributed by atoms with Crippen molar-refractivity contribution in [1.29, 1.82) is 0 Å². The van der Waals surface area contributed by atoms with E-state index in [-0.39, 0.29) is 11.6 Å². The number of carboxylic acid groups (broad SMARTS) is 1. The summed E-state index contributed by atoms with van der Waals surface area (Å²) in [6, 6.07) is 6.97. The molecule has 3 rings (SSSR count). The van der Waals surface area contributed by atoms with Gasteiger partial charge in [-0.3, -0.25) is 4.98 Å². The van der Waals surface area contributed by atoms with Gasteiger partial charge in [-0.2, -0.15) is 0 Å². The average Bonchev–Trinajstić information content (AvgIpc) is 3.02. The largest absolute Gasteiger partial charge is 0.478 e. The van der Waals surface area contributed by atoms with E-state index in [0.29, 0.717) is 0 Å². The van der Waals surface area contributed by atoms with Gasteiger partial charge < -0.3 is 10.4 Å². The van der Waals surface area contributed by atoms with Gasteiger partial charge in [-0.05, 0) is 31.5 Å². The molecule has 2 N–H and O–H groups in total. The third-order valence-electron chi connectivity index (χ3n) is 3.50. The number of nitrogens with one attached hydrogen (secondary N) is 1. The SMILES string of the molecule is O=C(O)c1ccc(-c2cncc([C@@H]3CCCN3)n2)cc1. The van der Waals surface area contributed by atoms with Crippen molar-refractivity contribution in [1.82, 2.24) is 15.3 Å². The standard InChI is InChI=1S/C15H15N3O2/c19-15(20)11-5-3-10(4-6-11)13-8-16-9-14(18-13)12-2-1-7-17-12/h3-6,8-9,12,17H,1-2,7H2,(H,19,20)/t12-/m0/s1. The predicted octanol–water partition coefficient (Wildman–Crippen LogP) is 2.27. The third-order valence-corrected chi connectivity index (χ3v) is 3.50. The monoisotopic (exact) mass is 269 g/mol. The highest BCUT2D eigenvalue weighted by molar-refractivity contribution is 5.88. The van der Waals surface area contributed by atoms with Gasteiger partial charge in [-0.15, -0.1) is 0 Å². The lowest BCUT2D eigenvalue weighted by Gasteiger charge is -2.10. The topological polar surface area (TPSA) is 75.1 Å². The van der Waals surface area contributed by atoms with E-state index >= 15 is 0 Å². The van der Waals surface area contributed by atoms with Gasteiger partial charge in [0.1, 0.15) is 0 Å². The number of hydrogen-bond acceptors (Lipinski definition) is 4. The van der Waals surface area contributed by atoms with Crippen molar-refractivity contribution in [2.45, 2.75) is 18.9 Å². The van der Waals surface area contributed by atoms with Crippen LogP contribution in [-0.4, -0.2) is 27.6 Å². The van der Waals surface area contributed by atoms with Crippen LogP contribution in [0.25, 0.3) is 11.3 Å².